The normalized spacial score (nSPS) is 10.7. The van der Waals surface area contributed by atoms with Gasteiger partial charge in [-0.1, -0.05) is 29.4 Å². The van der Waals surface area contributed by atoms with E-state index in [4.69, 9.17) is 21.8 Å². The zero-order valence-electron chi connectivity index (χ0n) is 9.10. The van der Waals surface area contributed by atoms with E-state index in [-0.39, 0.29) is 0 Å². The molecule has 2 N–H and O–H groups in total. The lowest BCUT2D eigenvalue weighted by Gasteiger charge is -1.95. The first-order valence-corrected chi connectivity index (χ1v) is 6.58. The third-order valence-corrected chi connectivity index (χ3v) is 3.19. The number of hydrogen-bond acceptors (Lipinski definition) is 5. The Morgan fingerprint density at radius 2 is 2.24 bits per heavy atom. The van der Waals surface area contributed by atoms with Crippen LogP contribution >= 0.6 is 23.4 Å². The van der Waals surface area contributed by atoms with E-state index in [9.17, 15) is 0 Å². The maximum Gasteiger partial charge on any atom is 0.276 e. The standard InChI is InChI=1S/C11H12ClN3OS/c12-9-4-1-3-8(7-9)10-14-15-11(16-10)17-6-2-5-13/h1,3-4,7H,2,5-6,13H2. The van der Waals surface area contributed by atoms with Crippen molar-refractivity contribution in [1.82, 2.24) is 10.2 Å². The van der Waals surface area contributed by atoms with Crippen molar-refractivity contribution in [3.05, 3.63) is 29.3 Å². The average molecular weight is 270 g/mol. The molecule has 0 aliphatic heterocycles. The van der Waals surface area contributed by atoms with Crippen LogP contribution in [0.3, 0.4) is 0 Å². The zero-order chi connectivity index (χ0) is 12.1. The Morgan fingerprint density at radius 3 is 3.00 bits per heavy atom. The number of benzene rings is 1. The highest BCUT2D eigenvalue weighted by atomic mass is 35.5. The smallest absolute Gasteiger partial charge is 0.276 e. The van der Waals surface area contributed by atoms with Crippen LogP contribution in [-0.2, 0) is 0 Å². The molecule has 1 aromatic carbocycles. The lowest BCUT2D eigenvalue weighted by Crippen LogP contribution is -1.99. The molecule has 0 unspecified atom stereocenters. The van der Waals surface area contributed by atoms with Gasteiger partial charge in [0.2, 0.25) is 5.89 Å². The number of aromatic nitrogens is 2. The maximum atomic E-state index is 5.89. The summed E-state index contributed by atoms with van der Waals surface area (Å²) in [6.07, 6.45) is 0.930. The third-order valence-electron chi connectivity index (χ3n) is 2.05. The molecule has 6 heteroatoms. The molecular formula is C11H12ClN3OS. The van der Waals surface area contributed by atoms with Crippen LogP contribution in [-0.4, -0.2) is 22.5 Å². The number of nitrogens with zero attached hydrogens (tertiary/aromatic N) is 2. The van der Waals surface area contributed by atoms with E-state index in [0.29, 0.717) is 22.7 Å². The molecule has 0 saturated carbocycles. The Kier molecular flexibility index (Phi) is 4.42. The van der Waals surface area contributed by atoms with Crippen LogP contribution in [0.5, 0.6) is 0 Å². The van der Waals surface area contributed by atoms with Crippen molar-refractivity contribution in [3.8, 4) is 11.5 Å². The van der Waals surface area contributed by atoms with E-state index in [2.05, 4.69) is 10.2 Å². The summed E-state index contributed by atoms with van der Waals surface area (Å²) in [4.78, 5) is 0. The SMILES string of the molecule is NCCCSc1nnc(-c2cccc(Cl)c2)o1. The quantitative estimate of drug-likeness (QED) is 0.668. The molecule has 4 nitrogen and oxygen atoms in total. The first-order chi connectivity index (χ1) is 8.29. The first kappa shape index (κ1) is 12.4. The summed E-state index contributed by atoms with van der Waals surface area (Å²) in [5.41, 5.74) is 6.24. The van der Waals surface area contributed by atoms with Gasteiger partial charge in [-0.05, 0) is 31.2 Å². The maximum absolute atomic E-state index is 5.89. The van der Waals surface area contributed by atoms with Gasteiger partial charge in [-0.25, -0.2) is 0 Å². The van der Waals surface area contributed by atoms with E-state index >= 15 is 0 Å². The van der Waals surface area contributed by atoms with E-state index in [1.54, 1.807) is 12.1 Å². The largest absolute Gasteiger partial charge is 0.411 e. The molecule has 0 fully saturated rings. The van der Waals surface area contributed by atoms with E-state index in [0.717, 1.165) is 17.7 Å². The number of rotatable bonds is 5. The molecule has 17 heavy (non-hydrogen) atoms. The molecule has 2 aromatic rings. The highest BCUT2D eigenvalue weighted by Gasteiger charge is 2.08. The molecule has 0 amide bonds. The fourth-order valence-electron chi connectivity index (χ4n) is 1.25. The second-order valence-corrected chi connectivity index (χ2v) is 4.86. The summed E-state index contributed by atoms with van der Waals surface area (Å²) in [7, 11) is 0. The van der Waals surface area contributed by atoms with Crippen LogP contribution in [0.4, 0.5) is 0 Å². The molecule has 0 saturated heterocycles. The van der Waals surface area contributed by atoms with E-state index < -0.39 is 0 Å². The van der Waals surface area contributed by atoms with Gasteiger partial charge in [0, 0.05) is 16.3 Å². The first-order valence-electron chi connectivity index (χ1n) is 5.22. The highest BCUT2D eigenvalue weighted by Crippen LogP contribution is 2.25. The van der Waals surface area contributed by atoms with E-state index in [1.807, 2.05) is 12.1 Å². The summed E-state index contributed by atoms with van der Waals surface area (Å²) < 4.78 is 5.51. The molecule has 90 valence electrons. The van der Waals surface area contributed by atoms with Gasteiger partial charge in [-0.2, -0.15) is 0 Å². The molecule has 0 aliphatic rings. The number of thioether (sulfide) groups is 1. The number of halogens is 1. The lowest BCUT2D eigenvalue weighted by atomic mass is 10.2. The van der Waals surface area contributed by atoms with Crippen molar-refractivity contribution >= 4 is 23.4 Å². The van der Waals surface area contributed by atoms with Crippen molar-refractivity contribution in [2.75, 3.05) is 12.3 Å². The van der Waals surface area contributed by atoms with Crippen LogP contribution in [0, 0.1) is 0 Å². The van der Waals surface area contributed by atoms with Crippen molar-refractivity contribution in [3.63, 3.8) is 0 Å². The van der Waals surface area contributed by atoms with Gasteiger partial charge >= 0.3 is 0 Å². The van der Waals surface area contributed by atoms with Gasteiger partial charge in [0.1, 0.15) is 0 Å². The van der Waals surface area contributed by atoms with E-state index in [1.165, 1.54) is 11.8 Å². The minimum Gasteiger partial charge on any atom is -0.411 e. The zero-order valence-corrected chi connectivity index (χ0v) is 10.7. The molecule has 0 aliphatic carbocycles. The van der Waals surface area contributed by atoms with Gasteiger partial charge in [0.25, 0.3) is 5.22 Å². The Labute approximate surface area is 109 Å². The van der Waals surface area contributed by atoms with Crippen molar-refractivity contribution in [1.29, 1.82) is 0 Å². The van der Waals surface area contributed by atoms with Crippen molar-refractivity contribution < 1.29 is 4.42 Å². The Bertz CT molecular complexity index is 489. The fourth-order valence-corrected chi connectivity index (χ4v) is 2.16. The molecular weight excluding hydrogens is 258 g/mol. The molecule has 0 radical (unpaired) electrons. The van der Waals surface area contributed by atoms with Gasteiger partial charge in [-0.15, -0.1) is 10.2 Å². The van der Waals surface area contributed by atoms with Crippen LogP contribution in [0.15, 0.2) is 33.9 Å². The second-order valence-electron chi connectivity index (χ2n) is 3.37. The number of hydrogen-bond donors (Lipinski definition) is 1. The fraction of sp³-hybridized carbons (Fsp3) is 0.273. The molecule has 2 rings (SSSR count). The van der Waals surface area contributed by atoms with Crippen LogP contribution in [0.1, 0.15) is 6.42 Å². The Morgan fingerprint density at radius 1 is 1.35 bits per heavy atom. The molecule has 0 spiro atoms. The highest BCUT2D eigenvalue weighted by molar-refractivity contribution is 7.99. The third kappa shape index (κ3) is 3.46. The van der Waals surface area contributed by atoms with Gasteiger partial charge < -0.3 is 10.2 Å². The summed E-state index contributed by atoms with van der Waals surface area (Å²) in [5, 5.41) is 9.15. The van der Waals surface area contributed by atoms with Crippen LogP contribution in [0.25, 0.3) is 11.5 Å². The van der Waals surface area contributed by atoms with Gasteiger partial charge in [0.05, 0.1) is 0 Å². The Balaban J connectivity index is 2.07. The summed E-state index contributed by atoms with van der Waals surface area (Å²) in [6.45, 7) is 0.669. The minimum atomic E-state index is 0.489. The second kappa shape index (κ2) is 6.05. The van der Waals surface area contributed by atoms with Crippen LogP contribution in [0.2, 0.25) is 5.02 Å². The Hall–Kier alpha value is -1.04. The number of nitrogens with two attached hydrogens (primary N) is 1. The molecule has 1 aromatic heterocycles. The predicted octanol–water partition coefficient (Wildman–Crippen LogP) is 2.83. The van der Waals surface area contributed by atoms with Gasteiger partial charge in [0.15, 0.2) is 0 Å². The topological polar surface area (TPSA) is 64.9 Å². The summed E-state index contributed by atoms with van der Waals surface area (Å²) >= 11 is 7.41. The summed E-state index contributed by atoms with van der Waals surface area (Å²) in [6, 6.07) is 7.33. The molecule has 0 atom stereocenters. The monoisotopic (exact) mass is 269 g/mol. The van der Waals surface area contributed by atoms with Crippen LogP contribution < -0.4 is 5.73 Å². The minimum absolute atomic E-state index is 0.489. The molecule has 1 heterocycles. The average Bonchev–Trinajstić information content (AvgIpc) is 2.78. The van der Waals surface area contributed by atoms with Gasteiger partial charge in [-0.3, -0.25) is 0 Å². The van der Waals surface area contributed by atoms with Crippen molar-refractivity contribution in [2.24, 2.45) is 5.73 Å². The summed E-state index contributed by atoms with van der Waals surface area (Å²) in [5.74, 6) is 1.37. The van der Waals surface area contributed by atoms with Crippen molar-refractivity contribution in [2.45, 2.75) is 11.6 Å². The predicted molar refractivity (Wildman–Crippen MR) is 69.1 cm³/mol. The molecule has 0 bridgehead atoms. The lowest BCUT2D eigenvalue weighted by molar-refractivity contribution is 0.466.